The molecule has 1 aliphatic carbocycles. The van der Waals surface area contributed by atoms with E-state index in [2.05, 4.69) is 33.0 Å². The van der Waals surface area contributed by atoms with Crippen LogP contribution in [0.15, 0.2) is 0 Å². The molecular formula is C14H29NO. The third-order valence-electron chi connectivity index (χ3n) is 3.32. The van der Waals surface area contributed by atoms with Gasteiger partial charge in [0.1, 0.15) is 0 Å². The first kappa shape index (κ1) is 14.0. The Kier molecular flexibility index (Phi) is 5.77. The second-order valence-corrected chi connectivity index (χ2v) is 5.98. The molecule has 1 aliphatic rings. The normalized spacial score (nSPS) is 20.6. The van der Waals surface area contributed by atoms with Gasteiger partial charge in [0, 0.05) is 19.2 Å². The highest BCUT2D eigenvalue weighted by atomic mass is 16.5. The van der Waals surface area contributed by atoms with Crippen LogP contribution in [-0.4, -0.2) is 24.8 Å². The van der Waals surface area contributed by atoms with Gasteiger partial charge < -0.3 is 10.1 Å². The summed E-state index contributed by atoms with van der Waals surface area (Å²) in [7, 11) is 0. The van der Waals surface area contributed by atoms with Crippen molar-refractivity contribution in [3.8, 4) is 0 Å². The molecule has 0 aromatic carbocycles. The SMILES string of the molecule is CC(C)COC1(CNC(C)C)CCCCC1. The molecule has 0 spiro atoms. The average Bonchev–Trinajstić information content (AvgIpc) is 2.25. The van der Waals surface area contributed by atoms with Gasteiger partial charge in [0.15, 0.2) is 0 Å². The van der Waals surface area contributed by atoms with Crippen LogP contribution >= 0.6 is 0 Å². The van der Waals surface area contributed by atoms with E-state index in [0.29, 0.717) is 12.0 Å². The maximum absolute atomic E-state index is 6.22. The molecule has 1 rings (SSSR count). The zero-order chi connectivity index (χ0) is 12.0. The first-order valence-corrected chi connectivity index (χ1v) is 6.91. The molecular weight excluding hydrogens is 198 g/mol. The predicted octanol–water partition coefficient (Wildman–Crippen LogP) is 3.36. The lowest BCUT2D eigenvalue weighted by molar-refractivity contribution is -0.0789. The Morgan fingerprint density at radius 1 is 1.06 bits per heavy atom. The minimum absolute atomic E-state index is 0.132. The molecule has 1 N–H and O–H groups in total. The van der Waals surface area contributed by atoms with Crippen molar-refractivity contribution in [3.63, 3.8) is 0 Å². The number of hydrogen-bond acceptors (Lipinski definition) is 2. The van der Waals surface area contributed by atoms with E-state index in [1.165, 1.54) is 32.1 Å². The quantitative estimate of drug-likeness (QED) is 0.751. The monoisotopic (exact) mass is 227 g/mol. The van der Waals surface area contributed by atoms with Crippen LogP contribution < -0.4 is 5.32 Å². The summed E-state index contributed by atoms with van der Waals surface area (Å²) < 4.78 is 6.22. The fourth-order valence-electron chi connectivity index (χ4n) is 2.30. The second kappa shape index (κ2) is 6.61. The number of ether oxygens (including phenoxy) is 1. The summed E-state index contributed by atoms with van der Waals surface area (Å²) in [6.45, 7) is 10.8. The highest BCUT2D eigenvalue weighted by molar-refractivity contribution is 4.87. The van der Waals surface area contributed by atoms with Crippen LogP contribution in [0.1, 0.15) is 59.8 Å². The van der Waals surface area contributed by atoms with E-state index >= 15 is 0 Å². The molecule has 0 aromatic rings. The van der Waals surface area contributed by atoms with Crippen LogP contribution in [-0.2, 0) is 4.74 Å². The van der Waals surface area contributed by atoms with Gasteiger partial charge in [0.05, 0.1) is 5.60 Å². The zero-order valence-electron chi connectivity index (χ0n) is 11.5. The Morgan fingerprint density at radius 2 is 1.69 bits per heavy atom. The maximum Gasteiger partial charge on any atom is 0.0806 e. The zero-order valence-corrected chi connectivity index (χ0v) is 11.5. The Morgan fingerprint density at radius 3 is 2.19 bits per heavy atom. The summed E-state index contributed by atoms with van der Waals surface area (Å²) >= 11 is 0. The first-order chi connectivity index (χ1) is 7.54. The molecule has 0 atom stereocenters. The van der Waals surface area contributed by atoms with Gasteiger partial charge in [-0.3, -0.25) is 0 Å². The van der Waals surface area contributed by atoms with Crippen molar-refractivity contribution in [2.24, 2.45) is 5.92 Å². The third-order valence-corrected chi connectivity index (χ3v) is 3.32. The smallest absolute Gasteiger partial charge is 0.0806 e. The Hall–Kier alpha value is -0.0800. The van der Waals surface area contributed by atoms with Crippen LogP contribution in [0.4, 0.5) is 0 Å². The molecule has 0 aliphatic heterocycles. The van der Waals surface area contributed by atoms with Gasteiger partial charge in [-0.1, -0.05) is 47.0 Å². The number of nitrogens with one attached hydrogen (secondary N) is 1. The Labute approximate surface area is 101 Å². The Balaban J connectivity index is 2.45. The first-order valence-electron chi connectivity index (χ1n) is 6.91. The van der Waals surface area contributed by atoms with Gasteiger partial charge in [0.25, 0.3) is 0 Å². The van der Waals surface area contributed by atoms with E-state index in [-0.39, 0.29) is 5.60 Å². The maximum atomic E-state index is 6.22. The summed E-state index contributed by atoms with van der Waals surface area (Å²) in [6, 6.07) is 0.557. The lowest BCUT2D eigenvalue weighted by Crippen LogP contribution is -2.47. The van der Waals surface area contributed by atoms with Crippen molar-refractivity contribution in [2.45, 2.75) is 71.4 Å². The summed E-state index contributed by atoms with van der Waals surface area (Å²) in [5, 5.41) is 3.55. The summed E-state index contributed by atoms with van der Waals surface area (Å²) in [5.41, 5.74) is 0.132. The standard InChI is InChI=1S/C14H29NO/c1-12(2)10-16-14(11-15-13(3)4)8-6-5-7-9-14/h12-13,15H,5-11H2,1-4H3. The summed E-state index contributed by atoms with van der Waals surface area (Å²) in [5.74, 6) is 0.637. The van der Waals surface area contributed by atoms with Gasteiger partial charge >= 0.3 is 0 Å². The molecule has 0 radical (unpaired) electrons. The molecule has 1 saturated carbocycles. The van der Waals surface area contributed by atoms with Crippen LogP contribution in [0.3, 0.4) is 0 Å². The molecule has 2 nitrogen and oxygen atoms in total. The summed E-state index contributed by atoms with van der Waals surface area (Å²) in [4.78, 5) is 0. The van der Waals surface area contributed by atoms with Gasteiger partial charge in [-0.05, 0) is 18.8 Å². The topological polar surface area (TPSA) is 21.3 Å². The van der Waals surface area contributed by atoms with Crippen molar-refractivity contribution in [3.05, 3.63) is 0 Å². The largest absolute Gasteiger partial charge is 0.373 e. The average molecular weight is 227 g/mol. The highest BCUT2D eigenvalue weighted by Gasteiger charge is 2.32. The van der Waals surface area contributed by atoms with Crippen molar-refractivity contribution < 1.29 is 4.74 Å². The van der Waals surface area contributed by atoms with Crippen molar-refractivity contribution >= 4 is 0 Å². The summed E-state index contributed by atoms with van der Waals surface area (Å²) in [6.07, 6.45) is 6.52. The molecule has 2 heteroatoms. The minimum atomic E-state index is 0.132. The highest BCUT2D eigenvalue weighted by Crippen LogP contribution is 2.31. The molecule has 96 valence electrons. The lowest BCUT2D eigenvalue weighted by atomic mass is 9.84. The predicted molar refractivity (Wildman–Crippen MR) is 69.7 cm³/mol. The van der Waals surface area contributed by atoms with Crippen LogP contribution in [0.2, 0.25) is 0 Å². The molecule has 0 heterocycles. The van der Waals surface area contributed by atoms with E-state index in [1.54, 1.807) is 0 Å². The van der Waals surface area contributed by atoms with Crippen LogP contribution in [0.25, 0.3) is 0 Å². The molecule has 0 aromatic heterocycles. The molecule has 16 heavy (non-hydrogen) atoms. The minimum Gasteiger partial charge on any atom is -0.373 e. The molecule has 0 bridgehead atoms. The van der Waals surface area contributed by atoms with E-state index < -0.39 is 0 Å². The Bertz CT molecular complexity index is 169. The number of hydrogen-bond donors (Lipinski definition) is 1. The third kappa shape index (κ3) is 4.84. The fourth-order valence-corrected chi connectivity index (χ4v) is 2.30. The van der Waals surface area contributed by atoms with Crippen LogP contribution in [0, 0.1) is 5.92 Å². The van der Waals surface area contributed by atoms with Crippen molar-refractivity contribution in [1.29, 1.82) is 0 Å². The van der Waals surface area contributed by atoms with Crippen LogP contribution in [0.5, 0.6) is 0 Å². The van der Waals surface area contributed by atoms with E-state index in [4.69, 9.17) is 4.74 Å². The van der Waals surface area contributed by atoms with E-state index in [9.17, 15) is 0 Å². The molecule has 0 amide bonds. The molecule has 0 unspecified atom stereocenters. The van der Waals surface area contributed by atoms with Crippen molar-refractivity contribution in [2.75, 3.05) is 13.2 Å². The van der Waals surface area contributed by atoms with Gasteiger partial charge in [-0.25, -0.2) is 0 Å². The van der Waals surface area contributed by atoms with Gasteiger partial charge in [-0.2, -0.15) is 0 Å². The van der Waals surface area contributed by atoms with Gasteiger partial charge in [0.2, 0.25) is 0 Å². The number of rotatable bonds is 6. The van der Waals surface area contributed by atoms with E-state index in [1.807, 2.05) is 0 Å². The van der Waals surface area contributed by atoms with E-state index in [0.717, 1.165) is 13.2 Å². The van der Waals surface area contributed by atoms with Gasteiger partial charge in [-0.15, -0.1) is 0 Å². The second-order valence-electron chi connectivity index (χ2n) is 5.98. The molecule has 1 fully saturated rings. The van der Waals surface area contributed by atoms with Crippen molar-refractivity contribution in [1.82, 2.24) is 5.32 Å². The molecule has 0 saturated heterocycles. The fraction of sp³-hybridized carbons (Fsp3) is 1.00. The lowest BCUT2D eigenvalue weighted by Gasteiger charge is -2.38.